The van der Waals surface area contributed by atoms with Gasteiger partial charge >= 0.3 is 0 Å². The number of hydrogen-bond acceptors (Lipinski definition) is 4. The van der Waals surface area contributed by atoms with E-state index < -0.39 is 6.10 Å². The van der Waals surface area contributed by atoms with E-state index in [4.69, 9.17) is 22.1 Å². The Bertz CT molecular complexity index is 509. The van der Waals surface area contributed by atoms with Gasteiger partial charge in [-0.1, -0.05) is 23.7 Å². The Balaban J connectivity index is 1.73. The first-order chi connectivity index (χ1) is 11.0. The summed E-state index contributed by atoms with van der Waals surface area (Å²) in [6.07, 6.45) is 1.17. The summed E-state index contributed by atoms with van der Waals surface area (Å²) in [5.74, 6) is -0.372. The molecule has 1 heterocycles. The average Bonchev–Trinajstić information content (AvgIpc) is 2.51. The fraction of sp³-hybridized carbons (Fsp3) is 0.588. The molecular formula is C17H25ClN2O3. The van der Waals surface area contributed by atoms with Gasteiger partial charge in [-0.25, -0.2) is 0 Å². The van der Waals surface area contributed by atoms with Gasteiger partial charge in [0, 0.05) is 24.2 Å². The van der Waals surface area contributed by atoms with Crippen molar-refractivity contribution in [3.8, 4) is 0 Å². The normalized spacial score (nSPS) is 23.6. The molecule has 0 saturated carbocycles. The second-order valence-corrected chi connectivity index (χ2v) is 6.71. The zero-order valence-electron chi connectivity index (χ0n) is 13.5. The molecule has 128 valence electrons. The van der Waals surface area contributed by atoms with Crippen LogP contribution in [0, 0.1) is 5.92 Å². The zero-order chi connectivity index (χ0) is 16.8. The molecule has 0 bridgehead atoms. The average molecular weight is 341 g/mol. The largest absolute Gasteiger partial charge is 0.389 e. The third-order valence-corrected chi connectivity index (χ3v) is 4.60. The Hall–Kier alpha value is -1.14. The second kappa shape index (κ2) is 8.64. The summed E-state index contributed by atoms with van der Waals surface area (Å²) in [4.78, 5) is 13.5. The standard InChI is InChI=1S/C17H25ClN2O3/c1-12-2-5-14(17(19)22)8-20(12)9-16(21)11-23-10-13-3-6-15(18)7-4-13/h3-4,6-7,12,14,16,21H,2,5,8-11H2,1H3,(H2,19,22). The third kappa shape index (κ3) is 5.77. The van der Waals surface area contributed by atoms with Crippen LogP contribution in [0.1, 0.15) is 25.3 Å². The second-order valence-electron chi connectivity index (χ2n) is 6.27. The molecular weight excluding hydrogens is 316 g/mol. The molecule has 1 fully saturated rings. The van der Waals surface area contributed by atoms with Crippen LogP contribution >= 0.6 is 11.6 Å². The van der Waals surface area contributed by atoms with Crippen LogP contribution in [0.15, 0.2) is 24.3 Å². The lowest BCUT2D eigenvalue weighted by molar-refractivity contribution is -0.124. The number of aliphatic hydroxyl groups excluding tert-OH is 1. The van der Waals surface area contributed by atoms with Gasteiger partial charge in [0.1, 0.15) is 0 Å². The van der Waals surface area contributed by atoms with Crippen molar-refractivity contribution in [2.75, 3.05) is 19.7 Å². The zero-order valence-corrected chi connectivity index (χ0v) is 14.2. The number of primary amides is 1. The molecule has 5 nitrogen and oxygen atoms in total. The van der Waals surface area contributed by atoms with Crippen molar-refractivity contribution in [2.24, 2.45) is 11.7 Å². The maximum atomic E-state index is 11.3. The lowest BCUT2D eigenvalue weighted by atomic mass is 9.93. The molecule has 0 radical (unpaired) electrons. The molecule has 1 aliphatic heterocycles. The van der Waals surface area contributed by atoms with E-state index in [2.05, 4.69) is 11.8 Å². The minimum absolute atomic E-state index is 0.117. The number of piperidine rings is 1. The van der Waals surface area contributed by atoms with E-state index in [-0.39, 0.29) is 18.4 Å². The highest BCUT2D eigenvalue weighted by atomic mass is 35.5. The molecule has 0 aliphatic carbocycles. The SMILES string of the molecule is CC1CCC(C(N)=O)CN1CC(O)COCc1ccc(Cl)cc1. The van der Waals surface area contributed by atoms with Crippen molar-refractivity contribution in [2.45, 2.75) is 38.5 Å². The molecule has 1 aliphatic rings. The first-order valence-corrected chi connectivity index (χ1v) is 8.37. The summed E-state index contributed by atoms with van der Waals surface area (Å²) >= 11 is 5.83. The Morgan fingerprint density at radius 3 is 2.78 bits per heavy atom. The van der Waals surface area contributed by atoms with E-state index in [0.29, 0.717) is 30.8 Å². The van der Waals surface area contributed by atoms with Crippen LogP contribution in [0.2, 0.25) is 5.02 Å². The molecule has 1 aromatic rings. The van der Waals surface area contributed by atoms with Crippen molar-refractivity contribution in [3.05, 3.63) is 34.9 Å². The highest BCUT2D eigenvalue weighted by molar-refractivity contribution is 6.30. The van der Waals surface area contributed by atoms with Crippen molar-refractivity contribution in [1.29, 1.82) is 0 Å². The summed E-state index contributed by atoms with van der Waals surface area (Å²) in [5, 5.41) is 10.9. The van der Waals surface area contributed by atoms with Crippen LogP contribution in [0.4, 0.5) is 0 Å². The Morgan fingerprint density at radius 2 is 2.13 bits per heavy atom. The molecule has 0 spiro atoms. The first kappa shape index (κ1) is 18.2. The maximum absolute atomic E-state index is 11.3. The van der Waals surface area contributed by atoms with Crippen molar-refractivity contribution >= 4 is 17.5 Å². The topological polar surface area (TPSA) is 75.8 Å². The summed E-state index contributed by atoms with van der Waals surface area (Å²) in [6.45, 7) is 3.91. The Labute approximate surface area is 142 Å². The van der Waals surface area contributed by atoms with Gasteiger partial charge in [-0.05, 0) is 37.5 Å². The molecule has 2 rings (SSSR count). The molecule has 3 unspecified atom stereocenters. The summed E-state index contributed by atoms with van der Waals surface area (Å²) in [6, 6.07) is 7.78. The highest BCUT2D eigenvalue weighted by Crippen LogP contribution is 2.21. The quantitative estimate of drug-likeness (QED) is 0.793. The lowest BCUT2D eigenvalue weighted by Crippen LogP contribution is -2.49. The molecule has 1 saturated heterocycles. The Kier molecular flexibility index (Phi) is 6.84. The Morgan fingerprint density at radius 1 is 1.43 bits per heavy atom. The first-order valence-electron chi connectivity index (χ1n) is 7.99. The van der Waals surface area contributed by atoms with Gasteiger partial charge in [-0.2, -0.15) is 0 Å². The molecule has 0 aromatic heterocycles. The number of aliphatic hydroxyl groups is 1. The van der Waals surface area contributed by atoms with E-state index >= 15 is 0 Å². The predicted octanol–water partition coefficient (Wildman–Crippen LogP) is 1.80. The van der Waals surface area contributed by atoms with Gasteiger partial charge in [0.15, 0.2) is 0 Å². The van der Waals surface area contributed by atoms with Crippen LogP contribution < -0.4 is 5.73 Å². The molecule has 3 N–H and O–H groups in total. The lowest BCUT2D eigenvalue weighted by Gasteiger charge is -2.37. The number of amides is 1. The molecule has 23 heavy (non-hydrogen) atoms. The monoisotopic (exact) mass is 340 g/mol. The van der Waals surface area contributed by atoms with Crippen LogP contribution in [0.3, 0.4) is 0 Å². The number of benzene rings is 1. The van der Waals surface area contributed by atoms with E-state index in [1.54, 1.807) is 0 Å². The summed E-state index contributed by atoms with van der Waals surface area (Å²) < 4.78 is 5.56. The van der Waals surface area contributed by atoms with Gasteiger partial charge in [-0.15, -0.1) is 0 Å². The number of nitrogens with two attached hydrogens (primary N) is 1. The fourth-order valence-corrected chi connectivity index (χ4v) is 3.01. The van der Waals surface area contributed by atoms with Gasteiger partial charge in [0.25, 0.3) is 0 Å². The summed E-state index contributed by atoms with van der Waals surface area (Å²) in [5.41, 5.74) is 6.41. The fourth-order valence-electron chi connectivity index (χ4n) is 2.88. The molecule has 1 aromatic carbocycles. The number of β-amino-alcohol motifs (C(OH)–C–C–N with tert-alkyl or cyclic N) is 1. The number of ether oxygens (including phenoxy) is 1. The maximum Gasteiger partial charge on any atom is 0.221 e. The number of likely N-dealkylation sites (tertiary alicyclic amines) is 1. The minimum atomic E-state index is -0.587. The smallest absolute Gasteiger partial charge is 0.221 e. The van der Waals surface area contributed by atoms with E-state index in [9.17, 15) is 9.90 Å². The minimum Gasteiger partial charge on any atom is -0.389 e. The van der Waals surface area contributed by atoms with Crippen LogP contribution in [0.25, 0.3) is 0 Å². The number of rotatable bonds is 7. The number of nitrogens with zero attached hydrogens (tertiary/aromatic N) is 1. The van der Waals surface area contributed by atoms with Gasteiger partial charge < -0.3 is 15.6 Å². The number of hydrogen-bond donors (Lipinski definition) is 2. The predicted molar refractivity (Wildman–Crippen MR) is 90.1 cm³/mol. The van der Waals surface area contributed by atoms with Crippen LogP contribution in [0.5, 0.6) is 0 Å². The van der Waals surface area contributed by atoms with Crippen molar-refractivity contribution < 1.29 is 14.6 Å². The van der Waals surface area contributed by atoms with Crippen molar-refractivity contribution in [1.82, 2.24) is 4.90 Å². The highest BCUT2D eigenvalue weighted by Gasteiger charge is 2.29. The van der Waals surface area contributed by atoms with Crippen molar-refractivity contribution in [3.63, 3.8) is 0 Å². The number of halogens is 1. The van der Waals surface area contributed by atoms with Crippen LogP contribution in [-0.2, 0) is 16.1 Å². The van der Waals surface area contributed by atoms with E-state index in [0.717, 1.165) is 18.4 Å². The number of carbonyl (C=O) groups excluding carboxylic acids is 1. The molecule has 6 heteroatoms. The van der Waals surface area contributed by atoms with Gasteiger partial charge in [-0.3, -0.25) is 9.69 Å². The summed E-state index contributed by atoms with van der Waals surface area (Å²) in [7, 11) is 0. The molecule has 1 amide bonds. The third-order valence-electron chi connectivity index (χ3n) is 4.35. The molecule has 3 atom stereocenters. The van der Waals surface area contributed by atoms with Gasteiger partial charge in [0.2, 0.25) is 5.91 Å². The van der Waals surface area contributed by atoms with E-state index in [1.165, 1.54) is 0 Å². The van der Waals surface area contributed by atoms with Gasteiger partial charge in [0.05, 0.1) is 25.2 Å². The van der Waals surface area contributed by atoms with E-state index in [1.807, 2.05) is 24.3 Å². The van der Waals surface area contributed by atoms with Crippen LogP contribution in [-0.4, -0.2) is 47.8 Å². The number of carbonyl (C=O) groups is 1.